The zero-order valence-corrected chi connectivity index (χ0v) is 11.2. The number of nitrogens with two attached hydrogens (primary N) is 1. The van der Waals surface area contributed by atoms with Crippen LogP contribution in [-0.2, 0) is 11.2 Å². The van der Waals surface area contributed by atoms with E-state index < -0.39 is 0 Å². The summed E-state index contributed by atoms with van der Waals surface area (Å²) in [5.74, 6) is 0.709. The lowest BCUT2D eigenvalue weighted by Crippen LogP contribution is -2.49. The van der Waals surface area contributed by atoms with Gasteiger partial charge in [-0.25, -0.2) is 0 Å². The van der Waals surface area contributed by atoms with Crippen molar-refractivity contribution >= 4 is 5.91 Å². The van der Waals surface area contributed by atoms with Crippen molar-refractivity contribution in [2.24, 2.45) is 11.7 Å². The molecule has 1 fully saturated rings. The van der Waals surface area contributed by atoms with Gasteiger partial charge in [0.05, 0.1) is 6.42 Å². The van der Waals surface area contributed by atoms with E-state index in [9.17, 15) is 4.79 Å². The predicted octanol–water partition coefficient (Wildman–Crippen LogP) is 1.73. The van der Waals surface area contributed by atoms with E-state index in [-0.39, 0.29) is 11.9 Å². The molecular weight excluding hydrogens is 224 g/mol. The number of benzene rings is 1. The standard InChI is InChI=1S/C15H22N2O/c1-11-7-14(16)10-17(9-11)15(18)8-13-6-4-3-5-12(13)2/h3-6,11,14H,7-10,16H2,1-2H3. The quantitative estimate of drug-likeness (QED) is 0.864. The lowest BCUT2D eigenvalue weighted by atomic mass is 9.95. The minimum absolute atomic E-state index is 0.134. The van der Waals surface area contributed by atoms with Gasteiger partial charge in [-0.3, -0.25) is 4.79 Å². The third-order valence-corrected chi connectivity index (χ3v) is 3.65. The second-order valence-electron chi connectivity index (χ2n) is 5.50. The van der Waals surface area contributed by atoms with E-state index in [4.69, 9.17) is 5.73 Å². The molecule has 18 heavy (non-hydrogen) atoms. The Morgan fingerprint density at radius 3 is 2.78 bits per heavy atom. The fourth-order valence-corrected chi connectivity index (χ4v) is 2.69. The van der Waals surface area contributed by atoms with Gasteiger partial charge in [-0.1, -0.05) is 31.2 Å². The Labute approximate surface area is 109 Å². The van der Waals surface area contributed by atoms with Crippen molar-refractivity contribution in [3.63, 3.8) is 0 Å². The molecule has 0 radical (unpaired) electrons. The Balaban J connectivity index is 2.02. The molecule has 0 aromatic heterocycles. The molecule has 0 aliphatic carbocycles. The minimum Gasteiger partial charge on any atom is -0.341 e. The summed E-state index contributed by atoms with van der Waals surface area (Å²) in [5.41, 5.74) is 8.28. The van der Waals surface area contributed by atoms with Gasteiger partial charge >= 0.3 is 0 Å². The van der Waals surface area contributed by atoms with Crippen molar-refractivity contribution in [3.8, 4) is 0 Å². The molecule has 1 aromatic rings. The largest absolute Gasteiger partial charge is 0.341 e. The number of nitrogens with zero attached hydrogens (tertiary/aromatic N) is 1. The highest BCUT2D eigenvalue weighted by Crippen LogP contribution is 2.17. The van der Waals surface area contributed by atoms with Crippen LogP contribution in [0.25, 0.3) is 0 Å². The van der Waals surface area contributed by atoms with E-state index in [1.54, 1.807) is 0 Å². The van der Waals surface area contributed by atoms with Crippen LogP contribution in [0.5, 0.6) is 0 Å². The molecule has 2 unspecified atom stereocenters. The average Bonchev–Trinajstić information content (AvgIpc) is 2.31. The zero-order valence-electron chi connectivity index (χ0n) is 11.2. The first-order valence-electron chi connectivity index (χ1n) is 6.64. The van der Waals surface area contributed by atoms with E-state index in [1.165, 1.54) is 5.56 Å². The summed E-state index contributed by atoms with van der Waals surface area (Å²) in [5, 5.41) is 0. The van der Waals surface area contributed by atoms with Gasteiger partial charge in [0.15, 0.2) is 0 Å². The first-order valence-corrected chi connectivity index (χ1v) is 6.64. The first kappa shape index (κ1) is 13.1. The van der Waals surface area contributed by atoms with Crippen LogP contribution in [0.3, 0.4) is 0 Å². The maximum atomic E-state index is 12.3. The normalized spacial score (nSPS) is 24.1. The van der Waals surface area contributed by atoms with E-state index in [2.05, 4.69) is 6.92 Å². The van der Waals surface area contributed by atoms with Gasteiger partial charge in [0.2, 0.25) is 5.91 Å². The summed E-state index contributed by atoms with van der Waals surface area (Å²) in [6, 6.07) is 8.20. The number of carbonyl (C=O) groups excluding carboxylic acids is 1. The van der Waals surface area contributed by atoms with Crippen LogP contribution in [0.1, 0.15) is 24.5 Å². The highest BCUT2D eigenvalue weighted by atomic mass is 16.2. The van der Waals surface area contributed by atoms with Gasteiger partial charge in [0.1, 0.15) is 0 Å². The Hall–Kier alpha value is -1.35. The molecule has 2 N–H and O–H groups in total. The summed E-state index contributed by atoms with van der Waals surface area (Å²) in [6.07, 6.45) is 1.51. The van der Waals surface area contributed by atoms with Crippen molar-refractivity contribution in [1.29, 1.82) is 0 Å². The lowest BCUT2D eigenvalue weighted by molar-refractivity contribution is -0.132. The lowest BCUT2D eigenvalue weighted by Gasteiger charge is -2.35. The monoisotopic (exact) mass is 246 g/mol. The minimum atomic E-state index is 0.134. The summed E-state index contributed by atoms with van der Waals surface area (Å²) in [6.45, 7) is 5.76. The van der Waals surface area contributed by atoms with Crippen molar-refractivity contribution in [1.82, 2.24) is 4.90 Å². The molecule has 1 aromatic carbocycles. The summed E-state index contributed by atoms with van der Waals surface area (Å²) < 4.78 is 0. The second-order valence-corrected chi connectivity index (χ2v) is 5.50. The Morgan fingerprint density at radius 1 is 1.39 bits per heavy atom. The SMILES string of the molecule is Cc1ccccc1CC(=O)N1CC(C)CC(N)C1. The van der Waals surface area contributed by atoms with Gasteiger partial charge < -0.3 is 10.6 Å². The van der Waals surface area contributed by atoms with Gasteiger partial charge in [-0.05, 0) is 30.4 Å². The predicted molar refractivity (Wildman–Crippen MR) is 73.2 cm³/mol. The van der Waals surface area contributed by atoms with Gasteiger partial charge in [0, 0.05) is 19.1 Å². The van der Waals surface area contributed by atoms with E-state index in [0.29, 0.717) is 18.9 Å². The molecule has 0 bridgehead atoms. The highest BCUT2D eigenvalue weighted by molar-refractivity contribution is 5.79. The molecule has 0 spiro atoms. The maximum Gasteiger partial charge on any atom is 0.227 e. The van der Waals surface area contributed by atoms with Crippen molar-refractivity contribution in [2.75, 3.05) is 13.1 Å². The van der Waals surface area contributed by atoms with Crippen LogP contribution in [-0.4, -0.2) is 29.9 Å². The molecule has 1 aliphatic heterocycles. The van der Waals surface area contributed by atoms with Crippen LogP contribution in [0.15, 0.2) is 24.3 Å². The molecule has 2 atom stereocenters. The Kier molecular flexibility index (Phi) is 4.02. The second kappa shape index (κ2) is 5.53. The third kappa shape index (κ3) is 3.10. The number of rotatable bonds is 2. The van der Waals surface area contributed by atoms with Crippen molar-refractivity contribution < 1.29 is 4.79 Å². The summed E-state index contributed by atoms with van der Waals surface area (Å²) >= 11 is 0. The zero-order chi connectivity index (χ0) is 13.1. The van der Waals surface area contributed by atoms with Gasteiger partial charge in [-0.15, -0.1) is 0 Å². The highest BCUT2D eigenvalue weighted by Gasteiger charge is 2.25. The van der Waals surface area contributed by atoms with Gasteiger partial charge in [-0.2, -0.15) is 0 Å². The Bertz CT molecular complexity index is 420. The first-order chi connectivity index (χ1) is 8.56. The number of carbonyl (C=O) groups is 1. The molecule has 98 valence electrons. The van der Waals surface area contributed by atoms with Crippen molar-refractivity contribution in [2.45, 2.75) is 32.7 Å². The molecule has 3 nitrogen and oxygen atoms in total. The van der Waals surface area contributed by atoms with Crippen molar-refractivity contribution in [3.05, 3.63) is 35.4 Å². The molecule has 0 saturated carbocycles. The number of aryl methyl sites for hydroxylation is 1. The van der Waals surface area contributed by atoms with Crippen LogP contribution < -0.4 is 5.73 Å². The number of amides is 1. The molecule has 1 aliphatic rings. The summed E-state index contributed by atoms with van der Waals surface area (Å²) in [4.78, 5) is 14.2. The topological polar surface area (TPSA) is 46.3 Å². The average molecular weight is 246 g/mol. The smallest absolute Gasteiger partial charge is 0.227 e. The fourth-order valence-electron chi connectivity index (χ4n) is 2.69. The molecule has 1 heterocycles. The van der Waals surface area contributed by atoms with Crippen LogP contribution >= 0.6 is 0 Å². The van der Waals surface area contributed by atoms with Crippen LogP contribution in [0.4, 0.5) is 0 Å². The van der Waals surface area contributed by atoms with E-state index in [1.807, 2.05) is 36.1 Å². The molecule has 3 heteroatoms. The molecule has 1 amide bonds. The number of hydrogen-bond donors (Lipinski definition) is 1. The third-order valence-electron chi connectivity index (χ3n) is 3.65. The number of likely N-dealkylation sites (tertiary alicyclic amines) is 1. The molecule has 2 rings (SSSR count). The van der Waals surface area contributed by atoms with Gasteiger partial charge in [0.25, 0.3) is 0 Å². The van der Waals surface area contributed by atoms with E-state index in [0.717, 1.165) is 18.5 Å². The number of hydrogen-bond acceptors (Lipinski definition) is 2. The Morgan fingerprint density at radius 2 is 2.11 bits per heavy atom. The number of piperidine rings is 1. The fraction of sp³-hybridized carbons (Fsp3) is 0.533. The van der Waals surface area contributed by atoms with Crippen LogP contribution in [0, 0.1) is 12.8 Å². The van der Waals surface area contributed by atoms with Crippen LogP contribution in [0.2, 0.25) is 0 Å². The molecular formula is C15H22N2O. The molecule has 1 saturated heterocycles. The van der Waals surface area contributed by atoms with E-state index >= 15 is 0 Å². The summed E-state index contributed by atoms with van der Waals surface area (Å²) in [7, 11) is 0. The maximum absolute atomic E-state index is 12.3.